The van der Waals surface area contributed by atoms with Crippen molar-refractivity contribution in [3.63, 3.8) is 0 Å². The highest BCUT2D eigenvalue weighted by Gasteiger charge is 2.16. The van der Waals surface area contributed by atoms with Crippen molar-refractivity contribution in [1.82, 2.24) is 10.2 Å². The van der Waals surface area contributed by atoms with Crippen molar-refractivity contribution in [2.75, 3.05) is 20.6 Å². The lowest BCUT2D eigenvalue weighted by atomic mass is 10.1. The second-order valence-electron chi connectivity index (χ2n) is 4.58. The van der Waals surface area contributed by atoms with Gasteiger partial charge in [-0.1, -0.05) is 0 Å². The van der Waals surface area contributed by atoms with Gasteiger partial charge in [0, 0.05) is 39.1 Å². The van der Waals surface area contributed by atoms with Crippen molar-refractivity contribution >= 4 is 5.91 Å². The molecule has 0 saturated carbocycles. The fourth-order valence-corrected chi connectivity index (χ4v) is 1.59. The quantitative estimate of drug-likeness (QED) is 0.554. The first-order chi connectivity index (χ1) is 7.36. The maximum Gasteiger partial charge on any atom is 0.223 e. The number of hydrogen-bond acceptors (Lipinski definition) is 4. The highest BCUT2D eigenvalue weighted by Crippen LogP contribution is 2.01. The molecule has 16 heavy (non-hydrogen) atoms. The molecule has 0 aliphatic rings. The minimum atomic E-state index is -0.342. The standard InChI is InChI=1S/C11H25N3O2/c1-8(5-9(2)15)13-10(7-12)6-11(16)14(3)4/h8-10,13,15H,5-7,12H2,1-4H3. The summed E-state index contributed by atoms with van der Waals surface area (Å²) in [4.78, 5) is 13.1. The van der Waals surface area contributed by atoms with Crippen molar-refractivity contribution in [2.45, 2.75) is 44.9 Å². The summed E-state index contributed by atoms with van der Waals surface area (Å²) >= 11 is 0. The van der Waals surface area contributed by atoms with Crippen LogP contribution in [0.2, 0.25) is 0 Å². The van der Waals surface area contributed by atoms with Gasteiger partial charge < -0.3 is 21.1 Å². The Morgan fingerprint density at radius 2 is 2.00 bits per heavy atom. The zero-order valence-corrected chi connectivity index (χ0v) is 10.7. The molecule has 0 aliphatic heterocycles. The zero-order chi connectivity index (χ0) is 12.7. The molecule has 0 fully saturated rings. The molecule has 0 aromatic rings. The summed E-state index contributed by atoms with van der Waals surface area (Å²) in [5.41, 5.74) is 5.60. The van der Waals surface area contributed by atoms with Crippen LogP contribution >= 0.6 is 0 Å². The number of carbonyl (C=O) groups excluding carboxylic acids is 1. The predicted octanol–water partition coefficient (Wildman–Crippen LogP) is -0.459. The van der Waals surface area contributed by atoms with E-state index in [1.54, 1.807) is 25.9 Å². The molecule has 0 aromatic carbocycles. The fraction of sp³-hybridized carbons (Fsp3) is 0.909. The molecule has 0 aromatic heterocycles. The molecule has 0 rings (SSSR count). The van der Waals surface area contributed by atoms with Crippen molar-refractivity contribution in [2.24, 2.45) is 5.73 Å². The van der Waals surface area contributed by atoms with Crippen LogP contribution in [0.1, 0.15) is 26.7 Å². The van der Waals surface area contributed by atoms with Crippen molar-refractivity contribution in [1.29, 1.82) is 0 Å². The third-order valence-electron chi connectivity index (χ3n) is 2.42. The lowest BCUT2D eigenvalue weighted by Gasteiger charge is -2.23. The molecular formula is C11H25N3O2. The molecule has 0 aliphatic carbocycles. The number of aliphatic hydroxyl groups excluding tert-OH is 1. The van der Waals surface area contributed by atoms with Crippen molar-refractivity contribution < 1.29 is 9.90 Å². The molecular weight excluding hydrogens is 206 g/mol. The summed E-state index contributed by atoms with van der Waals surface area (Å²) in [7, 11) is 3.46. The highest BCUT2D eigenvalue weighted by molar-refractivity contribution is 5.76. The molecule has 0 heterocycles. The van der Waals surface area contributed by atoms with Gasteiger partial charge in [-0.15, -0.1) is 0 Å². The number of carbonyl (C=O) groups is 1. The normalized spacial score (nSPS) is 16.6. The Morgan fingerprint density at radius 1 is 1.44 bits per heavy atom. The smallest absolute Gasteiger partial charge is 0.223 e. The molecule has 4 N–H and O–H groups in total. The Morgan fingerprint density at radius 3 is 2.38 bits per heavy atom. The average molecular weight is 231 g/mol. The van der Waals surface area contributed by atoms with Crippen LogP contribution in [-0.4, -0.2) is 54.7 Å². The van der Waals surface area contributed by atoms with Gasteiger partial charge in [-0.25, -0.2) is 0 Å². The number of rotatable bonds is 7. The van der Waals surface area contributed by atoms with Crippen molar-refractivity contribution in [3.05, 3.63) is 0 Å². The van der Waals surface area contributed by atoms with E-state index in [2.05, 4.69) is 5.32 Å². The van der Waals surface area contributed by atoms with E-state index in [9.17, 15) is 9.90 Å². The monoisotopic (exact) mass is 231 g/mol. The predicted molar refractivity (Wildman–Crippen MR) is 65.0 cm³/mol. The van der Waals surface area contributed by atoms with Gasteiger partial charge in [0.05, 0.1) is 6.10 Å². The highest BCUT2D eigenvalue weighted by atomic mass is 16.3. The first-order valence-corrected chi connectivity index (χ1v) is 5.71. The van der Waals surface area contributed by atoms with Gasteiger partial charge in [0.1, 0.15) is 0 Å². The summed E-state index contributed by atoms with van der Waals surface area (Å²) in [6, 6.07) is 0.132. The van der Waals surface area contributed by atoms with Gasteiger partial charge >= 0.3 is 0 Å². The Labute approximate surface area is 98.0 Å². The number of aliphatic hydroxyl groups is 1. The van der Waals surface area contributed by atoms with Crippen LogP contribution in [0, 0.1) is 0 Å². The maximum atomic E-state index is 11.5. The van der Waals surface area contributed by atoms with E-state index < -0.39 is 0 Å². The molecule has 3 atom stereocenters. The maximum absolute atomic E-state index is 11.5. The summed E-state index contributed by atoms with van der Waals surface area (Å²) in [6.45, 7) is 4.15. The van der Waals surface area contributed by atoms with Crippen LogP contribution in [0.4, 0.5) is 0 Å². The number of amides is 1. The van der Waals surface area contributed by atoms with E-state index in [0.29, 0.717) is 19.4 Å². The summed E-state index contributed by atoms with van der Waals surface area (Å²) in [5, 5.41) is 12.5. The zero-order valence-electron chi connectivity index (χ0n) is 10.7. The molecule has 5 nitrogen and oxygen atoms in total. The molecule has 0 bridgehead atoms. The van der Waals surface area contributed by atoms with E-state index in [4.69, 9.17) is 5.73 Å². The first-order valence-electron chi connectivity index (χ1n) is 5.71. The first kappa shape index (κ1) is 15.3. The number of hydrogen-bond donors (Lipinski definition) is 3. The Kier molecular flexibility index (Phi) is 7.29. The van der Waals surface area contributed by atoms with Crippen LogP contribution in [0.5, 0.6) is 0 Å². The molecule has 0 radical (unpaired) electrons. The van der Waals surface area contributed by atoms with Gasteiger partial charge in [-0.2, -0.15) is 0 Å². The largest absolute Gasteiger partial charge is 0.393 e. The van der Waals surface area contributed by atoms with E-state index in [1.807, 2.05) is 6.92 Å². The van der Waals surface area contributed by atoms with E-state index in [-0.39, 0.29) is 24.1 Å². The lowest BCUT2D eigenvalue weighted by Crippen LogP contribution is -2.45. The van der Waals surface area contributed by atoms with Gasteiger partial charge in [0.25, 0.3) is 0 Å². The third kappa shape index (κ3) is 6.76. The minimum Gasteiger partial charge on any atom is -0.393 e. The second-order valence-corrected chi connectivity index (χ2v) is 4.58. The summed E-state index contributed by atoms with van der Waals surface area (Å²) in [5.74, 6) is 0.0622. The molecule has 0 spiro atoms. The fourth-order valence-electron chi connectivity index (χ4n) is 1.59. The van der Waals surface area contributed by atoms with Crippen molar-refractivity contribution in [3.8, 4) is 0 Å². The lowest BCUT2D eigenvalue weighted by molar-refractivity contribution is -0.129. The molecule has 96 valence electrons. The Hall–Kier alpha value is -0.650. The van der Waals surface area contributed by atoms with Crippen LogP contribution < -0.4 is 11.1 Å². The van der Waals surface area contributed by atoms with Crippen LogP contribution in [0.25, 0.3) is 0 Å². The summed E-state index contributed by atoms with van der Waals surface area (Å²) in [6.07, 6.45) is 0.714. The molecule has 0 saturated heterocycles. The number of nitrogens with zero attached hydrogens (tertiary/aromatic N) is 1. The Balaban J connectivity index is 4.04. The van der Waals surface area contributed by atoms with Gasteiger partial charge in [-0.3, -0.25) is 4.79 Å². The van der Waals surface area contributed by atoms with E-state index in [0.717, 1.165) is 0 Å². The minimum absolute atomic E-state index is 0.0244. The van der Waals surface area contributed by atoms with Gasteiger partial charge in [0.15, 0.2) is 0 Å². The SMILES string of the molecule is CC(O)CC(C)NC(CN)CC(=O)N(C)C. The number of nitrogens with one attached hydrogen (secondary N) is 1. The van der Waals surface area contributed by atoms with E-state index >= 15 is 0 Å². The van der Waals surface area contributed by atoms with Gasteiger partial charge in [0.2, 0.25) is 5.91 Å². The van der Waals surface area contributed by atoms with Crippen LogP contribution in [-0.2, 0) is 4.79 Å². The van der Waals surface area contributed by atoms with Crippen LogP contribution in [0.3, 0.4) is 0 Å². The average Bonchev–Trinajstić information content (AvgIpc) is 2.14. The summed E-state index contributed by atoms with van der Waals surface area (Å²) < 4.78 is 0. The number of nitrogens with two attached hydrogens (primary N) is 1. The second kappa shape index (κ2) is 7.60. The molecule has 3 unspecified atom stereocenters. The topological polar surface area (TPSA) is 78.6 Å². The van der Waals surface area contributed by atoms with Crippen LogP contribution in [0.15, 0.2) is 0 Å². The third-order valence-corrected chi connectivity index (χ3v) is 2.42. The van der Waals surface area contributed by atoms with E-state index in [1.165, 1.54) is 0 Å². The molecule has 1 amide bonds. The molecule has 5 heteroatoms. The Bertz CT molecular complexity index is 207. The van der Waals surface area contributed by atoms with Gasteiger partial charge in [-0.05, 0) is 20.3 Å².